The van der Waals surface area contributed by atoms with E-state index in [4.69, 9.17) is 4.74 Å². The van der Waals surface area contributed by atoms with Crippen molar-refractivity contribution < 1.29 is 14.3 Å². The van der Waals surface area contributed by atoms with E-state index in [9.17, 15) is 9.59 Å². The second-order valence-electron chi connectivity index (χ2n) is 7.18. The summed E-state index contributed by atoms with van der Waals surface area (Å²) in [4.78, 5) is 23.8. The molecule has 0 radical (unpaired) electrons. The van der Waals surface area contributed by atoms with Gasteiger partial charge in [-0.2, -0.15) is 0 Å². The highest BCUT2D eigenvalue weighted by Crippen LogP contribution is 2.49. The molecule has 0 aromatic rings. The molecule has 2 rings (SSSR count). The number of carbonyl (C=O) groups is 2. The SMILES string of the molecule is CCCCOCCCNC(=O)C(=O)NC(C)C1CC2CCC1C2. The lowest BCUT2D eigenvalue weighted by atomic mass is 9.84. The van der Waals surface area contributed by atoms with Crippen LogP contribution in [0.15, 0.2) is 0 Å². The molecule has 2 aliphatic rings. The quantitative estimate of drug-likeness (QED) is 0.505. The molecule has 0 heterocycles. The van der Waals surface area contributed by atoms with Crippen molar-refractivity contribution >= 4 is 11.8 Å². The predicted molar refractivity (Wildman–Crippen MR) is 89.9 cm³/mol. The van der Waals surface area contributed by atoms with Crippen LogP contribution in [-0.2, 0) is 14.3 Å². The van der Waals surface area contributed by atoms with Gasteiger partial charge in [0.15, 0.2) is 0 Å². The van der Waals surface area contributed by atoms with Gasteiger partial charge in [0.05, 0.1) is 0 Å². The molecule has 2 saturated carbocycles. The summed E-state index contributed by atoms with van der Waals surface area (Å²) in [6.07, 6.45) is 8.10. The van der Waals surface area contributed by atoms with Gasteiger partial charge in [-0.15, -0.1) is 0 Å². The Kier molecular flexibility index (Phi) is 7.34. The van der Waals surface area contributed by atoms with Gasteiger partial charge >= 0.3 is 11.8 Å². The van der Waals surface area contributed by atoms with Crippen LogP contribution >= 0.6 is 0 Å². The van der Waals surface area contributed by atoms with Crippen molar-refractivity contribution in [3.8, 4) is 0 Å². The average molecular weight is 324 g/mol. The number of hydrogen-bond acceptors (Lipinski definition) is 3. The van der Waals surface area contributed by atoms with Gasteiger partial charge in [0.1, 0.15) is 0 Å². The fourth-order valence-electron chi connectivity index (χ4n) is 4.09. The van der Waals surface area contributed by atoms with Gasteiger partial charge in [0.25, 0.3) is 0 Å². The van der Waals surface area contributed by atoms with Gasteiger partial charge in [-0.25, -0.2) is 0 Å². The van der Waals surface area contributed by atoms with Crippen LogP contribution in [0, 0.1) is 17.8 Å². The lowest BCUT2D eigenvalue weighted by Gasteiger charge is -2.28. The summed E-state index contributed by atoms with van der Waals surface area (Å²) in [6.45, 7) is 6.05. The average Bonchev–Trinajstić information content (AvgIpc) is 3.16. The highest BCUT2D eigenvalue weighted by molar-refractivity contribution is 6.35. The fourth-order valence-corrected chi connectivity index (χ4v) is 4.09. The number of fused-ring (bicyclic) bond motifs is 2. The number of hydrogen-bond donors (Lipinski definition) is 2. The van der Waals surface area contributed by atoms with Gasteiger partial charge in [-0.05, 0) is 56.8 Å². The van der Waals surface area contributed by atoms with E-state index in [-0.39, 0.29) is 6.04 Å². The summed E-state index contributed by atoms with van der Waals surface area (Å²) in [5.74, 6) is 1.14. The Bertz CT molecular complexity index is 400. The molecule has 2 amide bonds. The van der Waals surface area contributed by atoms with Crippen molar-refractivity contribution in [3.63, 3.8) is 0 Å². The van der Waals surface area contributed by atoms with Crippen LogP contribution in [-0.4, -0.2) is 37.6 Å². The lowest BCUT2D eigenvalue weighted by molar-refractivity contribution is -0.139. The molecule has 0 saturated heterocycles. The number of ether oxygens (including phenoxy) is 1. The molecule has 4 atom stereocenters. The highest BCUT2D eigenvalue weighted by Gasteiger charge is 2.42. The van der Waals surface area contributed by atoms with E-state index in [1.54, 1.807) is 0 Å². The van der Waals surface area contributed by atoms with Crippen molar-refractivity contribution in [3.05, 3.63) is 0 Å². The van der Waals surface area contributed by atoms with E-state index in [1.807, 2.05) is 6.92 Å². The Hall–Kier alpha value is -1.10. The fraction of sp³-hybridized carbons (Fsp3) is 0.889. The molecule has 2 aliphatic carbocycles. The minimum absolute atomic E-state index is 0.0981. The summed E-state index contributed by atoms with van der Waals surface area (Å²) in [6, 6.07) is 0.0981. The molecule has 5 nitrogen and oxygen atoms in total. The molecule has 0 aliphatic heterocycles. The largest absolute Gasteiger partial charge is 0.381 e. The summed E-state index contributed by atoms with van der Waals surface area (Å²) in [5.41, 5.74) is 0. The van der Waals surface area contributed by atoms with Crippen LogP contribution < -0.4 is 10.6 Å². The van der Waals surface area contributed by atoms with E-state index in [0.717, 1.165) is 37.7 Å². The molecule has 0 aromatic carbocycles. The molecule has 2 fully saturated rings. The third kappa shape index (κ3) is 5.48. The van der Waals surface area contributed by atoms with Crippen LogP contribution in [0.5, 0.6) is 0 Å². The van der Waals surface area contributed by atoms with Crippen molar-refractivity contribution in [1.82, 2.24) is 10.6 Å². The molecular formula is C18H32N2O3. The third-order valence-electron chi connectivity index (χ3n) is 5.39. The maximum atomic E-state index is 12.0. The van der Waals surface area contributed by atoms with Gasteiger partial charge in [-0.3, -0.25) is 9.59 Å². The van der Waals surface area contributed by atoms with Crippen LogP contribution in [0.1, 0.15) is 58.8 Å². The Morgan fingerprint density at radius 1 is 1.13 bits per heavy atom. The predicted octanol–water partition coefficient (Wildman–Crippen LogP) is 2.25. The summed E-state index contributed by atoms with van der Waals surface area (Å²) >= 11 is 0. The highest BCUT2D eigenvalue weighted by atomic mass is 16.5. The van der Waals surface area contributed by atoms with Crippen molar-refractivity contribution in [1.29, 1.82) is 0 Å². The Labute approximate surface area is 139 Å². The summed E-state index contributed by atoms with van der Waals surface area (Å²) in [7, 11) is 0. The zero-order valence-corrected chi connectivity index (χ0v) is 14.6. The molecular weight excluding hydrogens is 292 g/mol. The first kappa shape index (κ1) is 18.2. The van der Waals surface area contributed by atoms with Gasteiger partial charge < -0.3 is 15.4 Å². The summed E-state index contributed by atoms with van der Waals surface area (Å²) < 4.78 is 5.42. The number of unbranched alkanes of at least 4 members (excludes halogenated alkanes) is 1. The zero-order valence-electron chi connectivity index (χ0n) is 14.6. The van der Waals surface area contributed by atoms with Crippen molar-refractivity contribution in [2.24, 2.45) is 17.8 Å². The number of nitrogens with one attached hydrogen (secondary N) is 2. The Balaban J connectivity index is 1.57. The van der Waals surface area contributed by atoms with Gasteiger partial charge in [-0.1, -0.05) is 19.8 Å². The maximum Gasteiger partial charge on any atom is 0.309 e. The molecule has 23 heavy (non-hydrogen) atoms. The minimum Gasteiger partial charge on any atom is -0.381 e. The Morgan fingerprint density at radius 2 is 1.91 bits per heavy atom. The van der Waals surface area contributed by atoms with Crippen LogP contribution in [0.4, 0.5) is 0 Å². The van der Waals surface area contributed by atoms with Crippen molar-refractivity contribution in [2.45, 2.75) is 64.8 Å². The maximum absolute atomic E-state index is 12.0. The molecule has 132 valence electrons. The molecule has 4 unspecified atom stereocenters. The van der Waals surface area contributed by atoms with Crippen LogP contribution in [0.3, 0.4) is 0 Å². The number of amides is 2. The van der Waals surface area contributed by atoms with E-state index < -0.39 is 11.8 Å². The Morgan fingerprint density at radius 3 is 2.57 bits per heavy atom. The first-order chi connectivity index (χ1) is 11.1. The van der Waals surface area contributed by atoms with E-state index in [0.29, 0.717) is 19.1 Å². The molecule has 0 aromatic heterocycles. The third-order valence-corrected chi connectivity index (χ3v) is 5.39. The zero-order chi connectivity index (χ0) is 16.7. The normalized spacial score (nSPS) is 27.0. The number of rotatable bonds is 9. The topological polar surface area (TPSA) is 67.4 Å². The molecule has 2 N–H and O–H groups in total. The van der Waals surface area contributed by atoms with E-state index in [2.05, 4.69) is 17.6 Å². The number of carbonyl (C=O) groups excluding carboxylic acids is 2. The van der Waals surface area contributed by atoms with Crippen LogP contribution in [0.2, 0.25) is 0 Å². The molecule has 0 spiro atoms. The van der Waals surface area contributed by atoms with Gasteiger partial charge in [0.2, 0.25) is 0 Å². The first-order valence-electron chi connectivity index (χ1n) is 9.28. The lowest BCUT2D eigenvalue weighted by Crippen LogP contribution is -2.47. The minimum atomic E-state index is -0.520. The summed E-state index contributed by atoms with van der Waals surface area (Å²) in [5, 5.41) is 5.57. The van der Waals surface area contributed by atoms with E-state index in [1.165, 1.54) is 25.7 Å². The van der Waals surface area contributed by atoms with E-state index >= 15 is 0 Å². The standard InChI is InChI=1S/C18H32N2O3/c1-3-4-9-23-10-5-8-19-17(21)18(22)20-13(2)16-12-14-6-7-15(16)11-14/h13-16H,3-12H2,1-2H3,(H,19,21)(H,20,22). The van der Waals surface area contributed by atoms with Gasteiger partial charge in [0, 0.05) is 25.8 Å². The van der Waals surface area contributed by atoms with Crippen LogP contribution in [0.25, 0.3) is 0 Å². The molecule has 2 bridgehead atoms. The first-order valence-corrected chi connectivity index (χ1v) is 9.28. The second-order valence-corrected chi connectivity index (χ2v) is 7.18. The molecule has 5 heteroatoms. The second kappa shape index (κ2) is 9.26. The monoisotopic (exact) mass is 324 g/mol. The van der Waals surface area contributed by atoms with Crippen molar-refractivity contribution in [2.75, 3.05) is 19.8 Å². The smallest absolute Gasteiger partial charge is 0.309 e.